The first-order valence-electron chi connectivity index (χ1n) is 2.15. The zero-order valence-electron chi connectivity index (χ0n) is 5.99. The quantitative estimate of drug-likeness (QED) is 0.343. The van der Waals surface area contributed by atoms with Crippen LogP contribution in [0.2, 0.25) is 0 Å². The first kappa shape index (κ1) is 14.9. The van der Waals surface area contributed by atoms with Gasteiger partial charge in [0.15, 0.2) is 0 Å². The maximum absolute atomic E-state index is 11.0. The van der Waals surface area contributed by atoms with Gasteiger partial charge in [-0.2, -0.15) is 0 Å². The smallest absolute Gasteiger partial charge is 0.340 e. The van der Waals surface area contributed by atoms with Crippen LogP contribution < -0.4 is 0 Å². The third-order valence-electron chi connectivity index (χ3n) is 0.398. The first-order valence-corrected chi connectivity index (χ1v) is 2.15. The standard InChI is InChI=1S/C3F6O3.Li/c4-2(5,6)11-1(10)12-3(7,8)9;. The van der Waals surface area contributed by atoms with Crippen molar-refractivity contribution < 1.29 is 40.6 Å². The van der Waals surface area contributed by atoms with Crippen LogP contribution in [0.4, 0.5) is 31.1 Å². The molecule has 0 aromatic heterocycles. The molecule has 0 aliphatic carbocycles. The van der Waals surface area contributed by atoms with Crippen LogP contribution in [0.15, 0.2) is 0 Å². The Labute approximate surface area is 79.1 Å². The van der Waals surface area contributed by atoms with Gasteiger partial charge in [-0.3, -0.25) is 0 Å². The summed E-state index contributed by atoms with van der Waals surface area (Å²) >= 11 is 0. The Morgan fingerprint density at radius 3 is 1.23 bits per heavy atom. The Morgan fingerprint density at radius 2 is 1.08 bits per heavy atom. The molecule has 0 bridgehead atoms. The van der Waals surface area contributed by atoms with E-state index in [9.17, 15) is 31.1 Å². The molecular weight excluding hydrogens is 205 g/mol. The molecule has 0 spiro atoms. The van der Waals surface area contributed by atoms with Crippen molar-refractivity contribution in [2.24, 2.45) is 0 Å². The van der Waals surface area contributed by atoms with Crippen molar-refractivity contribution in [1.29, 1.82) is 0 Å². The van der Waals surface area contributed by atoms with Crippen molar-refractivity contribution in [2.45, 2.75) is 12.7 Å². The Balaban J connectivity index is 0. The molecule has 0 unspecified atom stereocenters. The fourth-order valence-electron chi connectivity index (χ4n) is 0.210. The van der Waals surface area contributed by atoms with Gasteiger partial charge in [0.1, 0.15) is 0 Å². The van der Waals surface area contributed by atoms with E-state index in [-0.39, 0.29) is 18.9 Å². The predicted molar refractivity (Wildman–Crippen MR) is 25.4 cm³/mol. The topological polar surface area (TPSA) is 35.5 Å². The number of halogens is 6. The van der Waals surface area contributed by atoms with Crippen LogP contribution in [0.1, 0.15) is 0 Å². The van der Waals surface area contributed by atoms with E-state index in [1.54, 1.807) is 0 Å². The number of hydrogen-bond donors (Lipinski definition) is 0. The molecule has 0 amide bonds. The number of ether oxygens (including phenoxy) is 2. The molecule has 0 aliphatic heterocycles. The van der Waals surface area contributed by atoms with Gasteiger partial charge in [-0.15, -0.1) is 26.3 Å². The maximum atomic E-state index is 11.0. The molecule has 0 aromatic carbocycles. The van der Waals surface area contributed by atoms with E-state index in [1.165, 1.54) is 0 Å². The van der Waals surface area contributed by atoms with E-state index in [4.69, 9.17) is 0 Å². The Kier molecular flexibility index (Phi) is 5.31. The molecular formula is C3F6LiO3. The van der Waals surface area contributed by atoms with E-state index in [0.29, 0.717) is 0 Å². The molecule has 73 valence electrons. The minimum Gasteiger partial charge on any atom is -0.340 e. The molecule has 3 nitrogen and oxygen atoms in total. The summed E-state index contributed by atoms with van der Waals surface area (Å²) in [6, 6.07) is 0. The molecule has 13 heavy (non-hydrogen) atoms. The third kappa shape index (κ3) is 11.4. The second-order valence-electron chi connectivity index (χ2n) is 1.35. The van der Waals surface area contributed by atoms with Gasteiger partial charge in [-0.1, -0.05) is 0 Å². The second-order valence-corrected chi connectivity index (χ2v) is 1.35. The minimum absolute atomic E-state index is 0. The van der Waals surface area contributed by atoms with E-state index in [0.717, 1.165) is 0 Å². The molecule has 0 saturated carbocycles. The minimum atomic E-state index is -5.48. The largest absolute Gasteiger partial charge is 0.577 e. The van der Waals surface area contributed by atoms with Gasteiger partial charge in [0.2, 0.25) is 0 Å². The fourth-order valence-corrected chi connectivity index (χ4v) is 0.210. The van der Waals surface area contributed by atoms with Crippen LogP contribution in [-0.2, 0) is 9.47 Å². The van der Waals surface area contributed by atoms with Crippen LogP contribution in [0.5, 0.6) is 0 Å². The first-order chi connectivity index (χ1) is 5.10. The molecule has 0 heterocycles. The Hall–Kier alpha value is -0.553. The average Bonchev–Trinajstić information content (AvgIpc) is 1.49. The Morgan fingerprint density at radius 1 is 0.846 bits per heavy atom. The molecule has 1 radical (unpaired) electrons. The number of carbonyl (C=O) groups excluding carboxylic acids is 1. The van der Waals surface area contributed by atoms with Gasteiger partial charge in [0, 0.05) is 18.9 Å². The molecule has 0 saturated heterocycles. The fraction of sp³-hybridized carbons (Fsp3) is 0.667. The SMILES string of the molecule is O=C(OC(F)(F)F)OC(F)(F)F.[Li]. The normalized spacial score (nSPS) is 11.5. The number of hydrogen-bond acceptors (Lipinski definition) is 3. The number of carbonyl (C=O) groups is 1. The zero-order chi connectivity index (χ0) is 9.99. The Bertz CT molecular complexity index is 155. The predicted octanol–water partition coefficient (Wildman–Crippen LogP) is 1.80. The van der Waals surface area contributed by atoms with E-state index in [1.807, 2.05) is 0 Å². The monoisotopic (exact) mass is 205 g/mol. The summed E-state index contributed by atoms with van der Waals surface area (Å²) in [7, 11) is 0. The van der Waals surface area contributed by atoms with Gasteiger partial charge in [-0.05, 0) is 0 Å². The molecule has 0 rings (SSSR count). The summed E-state index contributed by atoms with van der Waals surface area (Å²) < 4.78 is 70.4. The molecule has 10 heteroatoms. The summed E-state index contributed by atoms with van der Waals surface area (Å²) in [5, 5.41) is 0. The third-order valence-corrected chi connectivity index (χ3v) is 0.398. The average molecular weight is 205 g/mol. The number of rotatable bonds is 0. The van der Waals surface area contributed by atoms with E-state index in [2.05, 4.69) is 9.47 Å². The van der Waals surface area contributed by atoms with Crippen molar-refractivity contribution in [1.82, 2.24) is 0 Å². The van der Waals surface area contributed by atoms with Gasteiger partial charge in [0.05, 0.1) is 0 Å². The van der Waals surface area contributed by atoms with Crippen LogP contribution in [0, 0.1) is 0 Å². The van der Waals surface area contributed by atoms with Crippen LogP contribution >= 0.6 is 0 Å². The van der Waals surface area contributed by atoms with Gasteiger partial charge in [0.25, 0.3) is 0 Å². The molecule has 0 aromatic rings. The maximum Gasteiger partial charge on any atom is 0.577 e. The summed E-state index contributed by atoms with van der Waals surface area (Å²) in [6.45, 7) is 0. The van der Waals surface area contributed by atoms with Gasteiger partial charge >= 0.3 is 18.9 Å². The van der Waals surface area contributed by atoms with Gasteiger partial charge < -0.3 is 9.47 Å². The second kappa shape index (κ2) is 4.62. The summed E-state index contributed by atoms with van der Waals surface area (Å²) in [6.07, 6.45) is -13.8. The van der Waals surface area contributed by atoms with Crippen LogP contribution in [0.3, 0.4) is 0 Å². The van der Waals surface area contributed by atoms with Crippen LogP contribution in [0.25, 0.3) is 0 Å². The van der Waals surface area contributed by atoms with Crippen molar-refractivity contribution >= 4 is 25.0 Å². The van der Waals surface area contributed by atoms with Crippen molar-refractivity contribution in [3.8, 4) is 0 Å². The molecule has 0 aliphatic rings. The van der Waals surface area contributed by atoms with Crippen LogP contribution in [-0.4, -0.2) is 37.7 Å². The van der Waals surface area contributed by atoms with Crippen molar-refractivity contribution in [2.75, 3.05) is 0 Å². The van der Waals surface area contributed by atoms with E-state index < -0.39 is 18.9 Å². The molecule has 0 N–H and O–H groups in total. The van der Waals surface area contributed by atoms with E-state index >= 15 is 0 Å². The van der Waals surface area contributed by atoms with Crippen molar-refractivity contribution in [3.63, 3.8) is 0 Å². The number of alkyl halides is 6. The van der Waals surface area contributed by atoms with Gasteiger partial charge in [-0.25, -0.2) is 4.79 Å². The summed E-state index contributed by atoms with van der Waals surface area (Å²) in [4.78, 5) is 9.59. The molecule has 0 fully saturated rings. The molecule has 0 atom stereocenters. The van der Waals surface area contributed by atoms with Crippen molar-refractivity contribution in [3.05, 3.63) is 0 Å². The zero-order valence-corrected chi connectivity index (χ0v) is 5.99. The summed E-state index contributed by atoms with van der Waals surface area (Å²) in [5.74, 6) is 0. The summed E-state index contributed by atoms with van der Waals surface area (Å²) in [5.41, 5.74) is 0.